The van der Waals surface area contributed by atoms with Crippen LogP contribution in [0.1, 0.15) is 117 Å². The predicted molar refractivity (Wildman–Crippen MR) is 291 cm³/mol. The highest BCUT2D eigenvalue weighted by atomic mass is 32.2. The Bertz CT molecular complexity index is 3150. The maximum absolute atomic E-state index is 14.2. The lowest BCUT2D eigenvalue weighted by molar-refractivity contribution is -0.384. The Labute approximate surface area is 440 Å². The number of rotatable bonds is 16. The largest absolute Gasteiger partial charge is 0.497 e. The number of nitro groups is 1. The highest BCUT2D eigenvalue weighted by Crippen LogP contribution is 2.53. The zero-order valence-corrected chi connectivity index (χ0v) is 44.5. The van der Waals surface area contributed by atoms with E-state index in [0.717, 1.165) is 101 Å². The van der Waals surface area contributed by atoms with Gasteiger partial charge in [0, 0.05) is 87.3 Å². The monoisotopic (exact) mass is 1040 g/mol. The molecule has 4 N–H and O–H groups in total. The van der Waals surface area contributed by atoms with Gasteiger partial charge in [0.15, 0.2) is 0 Å². The number of nitrogens with one attached hydrogen (secondary N) is 3. The number of anilines is 2. The van der Waals surface area contributed by atoms with E-state index in [9.17, 15) is 28.4 Å². The zero-order chi connectivity index (χ0) is 52.6. The number of benzene rings is 4. The third kappa shape index (κ3) is 11.4. The molecule has 0 bridgehead atoms. The fourth-order valence-electron chi connectivity index (χ4n) is 12.1. The molecular formula is C58H70N8O8S. The second-order valence-electron chi connectivity index (χ2n) is 22.1. The van der Waals surface area contributed by atoms with Crippen LogP contribution in [0.25, 0.3) is 11.0 Å². The van der Waals surface area contributed by atoms with E-state index in [4.69, 9.17) is 9.47 Å². The number of fused-ring (bicyclic) bond motifs is 1. The average molecular weight is 1040 g/mol. The number of hydrogen-bond donors (Lipinski definition) is 4. The standard InChI is InChI=1S/C58H70N8O8S/c1-38(2)47-8-6-7-9-48(47)52-37-63(36-41-10-13-45(73-5)14-11-41)28-29-65(52)44-33-58(34-44)23-26-64(27-24-58)43-12-16-49(54(31-43)74-53-30-42-20-25-59-55(42)61-39(53)3)56(67)62-75(71,72)46-15-17-50(51(32-46)66(69)70)60-35-40-18-21-57(4,68)22-19-40/h6-17,20,25,30-32,38,40,44,52,60,68H,18-19,21-24,26-29,33-37H2,1-5H3,(H,59,61)(H,62,67)/t40-,52?,57-. The lowest BCUT2D eigenvalue weighted by atomic mass is 9.59. The molecule has 4 fully saturated rings. The Morgan fingerprint density at radius 1 is 0.933 bits per heavy atom. The van der Waals surface area contributed by atoms with Crippen LogP contribution in [0.5, 0.6) is 17.2 Å². The summed E-state index contributed by atoms with van der Waals surface area (Å²) in [5, 5.41) is 26.6. The number of aromatic nitrogens is 2. The number of aliphatic hydroxyl groups is 1. The molecule has 2 aliphatic heterocycles. The molecule has 2 saturated carbocycles. The molecule has 6 aromatic rings. The summed E-state index contributed by atoms with van der Waals surface area (Å²) in [5.41, 5.74) is 5.46. The molecule has 10 rings (SSSR count). The van der Waals surface area contributed by atoms with Crippen molar-refractivity contribution in [1.82, 2.24) is 24.5 Å². The number of piperazine rings is 1. The Morgan fingerprint density at radius 3 is 2.40 bits per heavy atom. The van der Waals surface area contributed by atoms with E-state index in [1.54, 1.807) is 32.4 Å². The van der Waals surface area contributed by atoms with Gasteiger partial charge in [-0.1, -0.05) is 50.2 Å². The molecule has 2 aromatic heterocycles. The molecule has 1 unspecified atom stereocenters. The molecule has 4 heterocycles. The quantitative estimate of drug-likeness (QED) is 0.0529. The Balaban J connectivity index is 0.840. The second-order valence-corrected chi connectivity index (χ2v) is 23.8. The van der Waals surface area contributed by atoms with Crippen molar-refractivity contribution in [2.24, 2.45) is 11.3 Å². The second kappa shape index (κ2) is 21.2. The van der Waals surface area contributed by atoms with Crippen molar-refractivity contribution >= 4 is 44.0 Å². The third-order valence-corrected chi connectivity index (χ3v) is 17.9. The van der Waals surface area contributed by atoms with Gasteiger partial charge in [0.1, 0.15) is 28.6 Å². The number of nitrogens with zero attached hydrogens (tertiary/aromatic N) is 5. The van der Waals surface area contributed by atoms with E-state index >= 15 is 0 Å². The number of nitro benzene ring substituents is 1. The van der Waals surface area contributed by atoms with E-state index in [0.29, 0.717) is 48.4 Å². The van der Waals surface area contributed by atoms with E-state index in [1.807, 2.05) is 37.3 Å². The van der Waals surface area contributed by atoms with Gasteiger partial charge in [-0.15, -0.1) is 0 Å². The fraction of sp³-hybridized carbons (Fsp3) is 0.448. The Hall–Kier alpha value is -6.53. The van der Waals surface area contributed by atoms with Crippen LogP contribution in [0.2, 0.25) is 0 Å². The van der Waals surface area contributed by atoms with Gasteiger partial charge >= 0.3 is 0 Å². The van der Waals surface area contributed by atoms with Crippen LogP contribution >= 0.6 is 0 Å². The topological polar surface area (TPSA) is 196 Å². The Morgan fingerprint density at radius 2 is 1.68 bits per heavy atom. The van der Waals surface area contributed by atoms with E-state index in [2.05, 4.69) is 85.0 Å². The maximum Gasteiger partial charge on any atom is 0.293 e. The van der Waals surface area contributed by atoms with Crippen LogP contribution in [0, 0.1) is 28.4 Å². The molecule has 1 amide bonds. The molecule has 396 valence electrons. The number of carbonyl (C=O) groups is 1. The number of pyridine rings is 1. The summed E-state index contributed by atoms with van der Waals surface area (Å²) < 4.78 is 41.9. The average Bonchev–Trinajstić information content (AvgIpc) is 3.86. The molecule has 2 saturated heterocycles. The number of methoxy groups -OCH3 is 1. The minimum Gasteiger partial charge on any atom is -0.497 e. The number of aromatic amines is 1. The van der Waals surface area contributed by atoms with Crippen molar-refractivity contribution in [3.63, 3.8) is 0 Å². The zero-order valence-electron chi connectivity index (χ0n) is 43.7. The van der Waals surface area contributed by atoms with Crippen LogP contribution in [-0.2, 0) is 16.6 Å². The molecule has 75 heavy (non-hydrogen) atoms. The molecule has 1 atom stereocenters. The van der Waals surface area contributed by atoms with Crippen molar-refractivity contribution in [3.8, 4) is 17.2 Å². The number of aryl methyl sites for hydroxylation is 1. The first-order valence-electron chi connectivity index (χ1n) is 26.5. The summed E-state index contributed by atoms with van der Waals surface area (Å²) in [6, 6.07) is 30.7. The SMILES string of the molecule is COc1ccc(CN2CCN(C3CC4(CCN(c5ccc(C(=O)NS(=O)(=O)c6ccc(NC[C@H]7CC[C@](C)(O)CC7)c([N+](=O)[O-])c6)c(Oc6cc7cc[nH]c7nc6C)c5)CC4)C3)C(c3ccccc3C(C)C)C2)cc1. The van der Waals surface area contributed by atoms with Crippen LogP contribution in [0.3, 0.4) is 0 Å². The summed E-state index contributed by atoms with van der Waals surface area (Å²) in [4.78, 5) is 40.9. The summed E-state index contributed by atoms with van der Waals surface area (Å²) in [7, 11) is -2.89. The third-order valence-electron chi connectivity index (χ3n) is 16.6. The number of hydrogen-bond acceptors (Lipinski definition) is 13. The first-order chi connectivity index (χ1) is 35.9. The van der Waals surface area contributed by atoms with Gasteiger partial charge in [0.25, 0.3) is 21.6 Å². The van der Waals surface area contributed by atoms with Crippen LogP contribution < -0.4 is 24.4 Å². The van der Waals surface area contributed by atoms with Gasteiger partial charge in [0.05, 0.1) is 33.8 Å². The smallest absolute Gasteiger partial charge is 0.293 e. The number of H-pyrrole nitrogens is 1. The number of ether oxygens (including phenoxy) is 2. The van der Waals surface area contributed by atoms with Crippen molar-refractivity contribution < 1.29 is 32.7 Å². The van der Waals surface area contributed by atoms with Crippen LogP contribution in [0.4, 0.5) is 17.1 Å². The Kier molecular flexibility index (Phi) is 14.7. The predicted octanol–water partition coefficient (Wildman–Crippen LogP) is 10.5. The molecule has 2 aliphatic carbocycles. The minimum absolute atomic E-state index is 0.0249. The summed E-state index contributed by atoms with van der Waals surface area (Å²) >= 11 is 0. The number of carbonyl (C=O) groups excluding carboxylic acids is 1. The van der Waals surface area contributed by atoms with Gasteiger partial charge < -0.3 is 29.8 Å². The lowest BCUT2D eigenvalue weighted by Crippen LogP contribution is -2.60. The van der Waals surface area contributed by atoms with Gasteiger partial charge in [-0.25, -0.2) is 18.1 Å². The number of amides is 1. The van der Waals surface area contributed by atoms with Gasteiger partial charge in [-0.05, 0) is 148 Å². The molecule has 17 heteroatoms. The first kappa shape index (κ1) is 51.9. The highest BCUT2D eigenvalue weighted by molar-refractivity contribution is 7.90. The number of sulfonamides is 1. The van der Waals surface area contributed by atoms with Crippen LogP contribution in [0.15, 0.2) is 108 Å². The van der Waals surface area contributed by atoms with Crippen molar-refractivity contribution in [2.75, 3.05) is 56.6 Å². The number of piperidine rings is 1. The molecular weight excluding hydrogens is 969 g/mol. The van der Waals surface area contributed by atoms with Gasteiger partial charge in [-0.2, -0.15) is 0 Å². The summed E-state index contributed by atoms with van der Waals surface area (Å²) in [6.45, 7) is 14.1. The summed E-state index contributed by atoms with van der Waals surface area (Å²) in [6.07, 6.45) is 8.89. The normalized spacial score (nSPS) is 21.5. The van der Waals surface area contributed by atoms with E-state index in [-0.39, 0.29) is 34.4 Å². The summed E-state index contributed by atoms with van der Waals surface area (Å²) in [5.74, 6) is 1.09. The molecule has 4 aliphatic rings. The van der Waals surface area contributed by atoms with Gasteiger partial charge in [0.2, 0.25) is 0 Å². The molecule has 16 nitrogen and oxygen atoms in total. The molecule has 1 spiro atoms. The van der Waals surface area contributed by atoms with Crippen LogP contribution in [-0.4, -0.2) is 102 Å². The van der Waals surface area contributed by atoms with Gasteiger partial charge in [-0.3, -0.25) is 24.7 Å². The maximum atomic E-state index is 14.2. The molecule has 4 aromatic carbocycles. The molecule has 0 radical (unpaired) electrons. The van der Waals surface area contributed by atoms with Crippen molar-refractivity contribution in [1.29, 1.82) is 0 Å². The fourth-order valence-corrected chi connectivity index (χ4v) is 13.1. The highest BCUT2D eigenvalue weighted by Gasteiger charge is 2.50. The van der Waals surface area contributed by atoms with E-state index < -0.39 is 37.0 Å². The minimum atomic E-state index is -4.60. The van der Waals surface area contributed by atoms with Crippen molar-refractivity contribution in [2.45, 2.75) is 114 Å². The lowest BCUT2D eigenvalue weighted by Gasteiger charge is -2.58. The first-order valence-corrected chi connectivity index (χ1v) is 28.0. The van der Waals surface area contributed by atoms with Crippen molar-refractivity contribution in [3.05, 3.63) is 141 Å². The van der Waals surface area contributed by atoms with E-state index in [1.165, 1.54) is 28.8 Å².